The van der Waals surface area contributed by atoms with Crippen LogP contribution in [0.25, 0.3) is 0 Å². The second-order valence-electron chi connectivity index (χ2n) is 4.44. The van der Waals surface area contributed by atoms with Gasteiger partial charge in [-0.05, 0) is 31.0 Å². The monoisotopic (exact) mass is 266 g/mol. The SMILES string of the molecule is COc1ccc(C(=O)OOC2CCCC2)cc1OC. The molecule has 1 aromatic rings. The molecule has 1 saturated carbocycles. The first-order valence-electron chi connectivity index (χ1n) is 6.34. The van der Waals surface area contributed by atoms with Crippen molar-refractivity contribution in [2.45, 2.75) is 31.8 Å². The number of rotatable bonds is 5. The van der Waals surface area contributed by atoms with E-state index in [1.54, 1.807) is 25.3 Å². The number of hydrogen-bond acceptors (Lipinski definition) is 5. The summed E-state index contributed by atoms with van der Waals surface area (Å²) in [6.45, 7) is 0. The lowest BCUT2D eigenvalue weighted by Crippen LogP contribution is -2.13. The van der Waals surface area contributed by atoms with Gasteiger partial charge in [0.05, 0.1) is 19.8 Å². The van der Waals surface area contributed by atoms with Crippen molar-refractivity contribution in [3.63, 3.8) is 0 Å². The molecule has 0 atom stereocenters. The molecule has 0 amide bonds. The summed E-state index contributed by atoms with van der Waals surface area (Å²) in [6.07, 6.45) is 4.17. The van der Waals surface area contributed by atoms with Crippen LogP contribution >= 0.6 is 0 Å². The lowest BCUT2D eigenvalue weighted by atomic mass is 10.2. The lowest BCUT2D eigenvalue weighted by Gasteiger charge is -2.11. The van der Waals surface area contributed by atoms with Gasteiger partial charge in [-0.25, -0.2) is 4.79 Å². The van der Waals surface area contributed by atoms with E-state index in [2.05, 4.69) is 0 Å². The van der Waals surface area contributed by atoms with Crippen molar-refractivity contribution in [1.82, 2.24) is 0 Å². The lowest BCUT2D eigenvalue weighted by molar-refractivity contribution is -0.272. The van der Waals surface area contributed by atoms with E-state index in [-0.39, 0.29) is 6.10 Å². The predicted molar refractivity (Wildman–Crippen MR) is 68.3 cm³/mol. The third-order valence-electron chi connectivity index (χ3n) is 3.18. The van der Waals surface area contributed by atoms with Crippen molar-refractivity contribution in [3.05, 3.63) is 23.8 Å². The molecular formula is C14H18O5. The smallest absolute Gasteiger partial charge is 0.373 e. The molecule has 5 nitrogen and oxygen atoms in total. The summed E-state index contributed by atoms with van der Waals surface area (Å²) < 4.78 is 10.2. The maximum atomic E-state index is 11.8. The summed E-state index contributed by atoms with van der Waals surface area (Å²) in [6, 6.07) is 4.84. The first-order valence-corrected chi connectivity index (χ1v) is 6.34. The van der Waals surface area contributed by atoms with E-state index in [4.69, 9.17) is 19.2 Å². The normalized spacial score (nSPS) is 15.3. The minimum atomic E-state index is -0.521. The van der Waals surface area contributed by atoms with Crippen LogP contribution in [-0.4, -0.2) is 26.3 Å². The topological polar surface area (TPSA) is 54.0 Å². The number of carbonyl (C=O) groups excluding carboxylic acids is 1. The zero-order valence-electron chi connectivity index (χ0n) is 11.2. The van der Waals surface area contributed by atoms with Crippen LogP contribution in [0.3, 0.4) is 0 Å². The number of carbonyl (C=O) groups is 1. The molecule has 0 saturated heterocycles. The number of benzene rings is 1. The summed E-state index contributed by atoms with van der Waals surface area (Å²) in [5.41, 5.74) is 0.371. The Labute approximate surface area is 112 Å². The van der Waals surface area contributed by atoms with Gasteiger partial charge in [0.1, 0.15) is 6.10 Å². The molecule has 0 aromatic heterocycles. The average Bonchev–Trinajstić information content (AvgIpc) is 2.97. The van der Waals surface area contributed by atoms with Crippen LogP contribution in [0.4, 0.5) is 0 Å². The Kier molecular flexibility index (Phi) is 4.63. The highest BCUT2D eigenvalue weighted by Crippen LogP contribution is 2.28. The van der Waals surface area contributed by atoms with Gasteiger partial charge in [0.25, 0.3) is 0 Å². The standard InChI is InChI=1S/C14H18O5/c1-16-12-8-7-10(9-13(12)17-2)14(15)19-18-11-5-3-4-6-11/h7-9,11H,3-6H2,1-2H3. The minimum Gasteiger partial charge on any atom is -0.493 e. The van der Waals surface area contributed by atoms with E-state index in [1.807, 2.05) is 0 Å². The Morgan fingerprint density at radius 2 is 1.79 bits per heavy atom. The van der Waals surface area contributed by atoms with Gasteiger partial charge >= 0.3 is 5.97 Å². The third-order valence-corrected chi connectivity index (χ3v) is 3.18. The Morgan fingerprint density at radius 3 is 2.42 bits per heavy atom. The van der Waals surface area contributed by atoms with Crippen LogP contribution in [0.1, 0.15) is 36.0 Å². The van der Waals surface area contributed by atoms with Crippen molar-refractivity contribution in [3.8, 4) is 11.5 Å². The van der Waals surface area contributed by atoms with Gasteiger partial charge < -0.3 is 9.47 Å². The number of hydrogen-bond donors (Lipinski definition) is 0. The maximum absolute atomic E-state index is 11.8. The predicted octanol–water partition coefficient (Wildman–Crippen LogP) is 2.73. The van der Waals surface area contributed by atoms with Crippen LogP contribution in [0.15, 0.2) is 18.2 Å². The Balaban J connectivity index is 1.98. The summed E-state index contributed by atoms with van der Waals surface area (Å²) >= 11 is 0. The summed E-state index contributed by atoms with van der Waals surface area (Å²) in [5.74, 6) is 0.529. The van der Waals surface area contributed by atoms with Crippen LogP contribution in [0.5, 0.6) is 11.5 Å². The number of ether oxygens (including phenoxy) is 2. The Bertz CT molecular complexity index is 437. The zero-order chi connectivity index (χ0) is 13.7. The number of methoxy groups -OCH3 is 2. The fourth-order valence-corrected chi connectivity index (χ4v) is 2.11. The molecule has 1 aromatic carbocycles. The van der Waals surface area contributed by atoms with Gasteiger partial charge in [-0.2, -0.15) is 4.89 Å². The summed E-state index contributed by atoms with van der Waals surface area (Å²) in [7, 11) is 3.06. The average molecular weight is 266 g/mol. The van der Waals surface area contributed by atoms with Crippen LogP contribution < -0.4 is 9.47 Å². The molecule has 19 heavy (non-hydrogen) atoms. The molecule has 0 bridgehead atoms. The highest BCUT2D eigenvalue weighted by atomic mass is 17.2. The molecule has 0 radical (unpaired) electrons. The van der Waals surface area contributed by atoms with Gasteiger partial charge in [0.2, 0.25) is 0 Å². The molecule has 1 fully saturated rings. The molecule has 104 valence electrons. The molecule has 1 aliphatic carbocycles. The van der Waals surface area contributed by atoms with Crippen LogP contribution in [0, 0.1) is 0 Å². The molecule has 0 aliphatic heterocycles. The first kappa shape index (κ1) is 13.7. The van der Waals surface area contributed by atoms with Crippen molar-refractivity contribution >= 4 is 5.97 Å². The minimum absolute atomic E-state index is 0.0316. The van der Waals surface area contributed by atoms with Gasteiger partial charge in [0, 0.05) is 0 Å². The quantitative estimate of drug-likeness (QED) is 0.606. The largest absolute Gasteiger partial charge is 0.493 e. The second kappa shape index (κ2) is 6.43. The van der Waals surface area contributed by atoms with Crippen LogP contribution in [-0.2, 0) is 9.78 Å². The molecule has 0 heterocycles. The van der Waals surface area contributed by atoms with Gasteiger partial charge in [-0.15, -0.1) is 0 Å². The Morgan fingerprint density at radius 1 is 1.11 bits per heavy atom. The third kappa shape index (κ3) is 3.38. The fourth-order valence-electron chi connectivity index (χ4n) is 2.11. The molecule has 1 aliphatic rings. The van der Waals surface area contributed by atoms with Gasteiger partial charge in [0.15, 0.2) is 11.5 Å². The van der Waals surface area contributed by atoms with Gasteiger partial charge in [-0.1, -0.05) is 12.8 Å². The highest BCUT2D eigenvalue weighted by molar-refractivity contribution is 5.89. The first-order chi connectivity index (χ1) is 9.24. The van der Waals surface area contributed by atoms with E-state index >= 15 is 0 Å². The van der Waals surface area contributed by atoms with Crippen molar-refractivity contribution < 1.29 is 24.0 Å². The summed E-state index contributed by atoms with van der Waals surface area (Å²) in [4.78, 5) is 21.8. The van der Waals surface area contributed by atoms with Crippen molar-refractivity contribution in [2.24, 2.45) is 0 Å². The summed E-state index contributed by atoms with van der Waals surface area (Å²) in [5, 5.41) is 0. The van der Waals surface area contributed by atoms with E-state index in [0.29, 0.717) is 17.1 Å². The zero-order valence-corrected chi connectivity index (χ0v) is 11.2. The second-order valence-corrected chi connectivity index (χ2v) is 4.44. The van der Waals surface area contributed by atoms with E-state index in [9.17, 15) is 4.79 Å². The molecule has 0 unspecified atom stereocenters. The molecule has 0 N–H and O–H groups in total. The molecule has 0 spiro atoms. The Hall–Kier alpha value is -1.75. The van der Waals surface area contributed by atoms with Crippen LogP contribution in [0.2, 0.25) is 0 Å². The van der Waals surface area contributed by atoms with Crippen molar-refractivity contribution in [2.75, 3.05) is 14.2 Å². The highest BCUT2D eigenvalue weighted by Gasteiger charge is 2.19. The molecular weight excluding hydrogens is 248 g/mol. The maximum Gasteiger partial charge on any atom is 0.373 e. The van der Waals surface area contributed by atoms with Gasteiger partial charge in [-0.3, -0.25) is 4.89 Å². The van der Waals surface area contributed by atoms with E-state index in [1.165, 1.54) is 7.11 Å². The van der Waals surface area contributed by atoms with E-state index in [0.717, 1.165) is 25.7 Å². The fraction of sp³-hybridized carbons (Fsp3) is 0.500. The molecule has 5 heteroatoms. The molecule has 2 rings (SSSR count). The van der Waals surface area contributed by atoms with Crippen molar-refractivity contribution in [1.29, 1.82) is 0 Å². The van der Waals surface area contributed by atoms with E-state index < -0.39 is 5.97 Å².